The lowest BCUT2D eigenvalue weighted by Gasteiger charge is -2.42. The monoisotopic (exact) mass is 421 g/mol. The molecule has 0 saturated carbocycles. The third kappa shape index (κ3) is 4.23. The molecule has 2 aromatic carbocycles. The molecular formula is C24H27N3O4. The number of rotatable bonds is 5. The average Bonchev–Trinajstić information content (AvgIpc) is 3.25. The highest BCUT2D eigenvalue weighted by atomic mass is 16.7. The SMILES string of the molecule is O=C(c1ccc2c(c1)OCO2)N1CC(C(=O)N2CCN(CCc3ccccc3)CC2)C1. The number of benzene rings is 2. The van der Waals surface area contributed by atoms with Gasteiger partial charge in [-0.15, -0.1) is 0 Å². The largest absolute Gasteiger partial charge is 0.454 e. The molecule has 2 amide bonds. The van der Waals surface area contributed by atoms with Crippen molar-refractivity contribution in [2.75, 3.05) is 52.6 Å². The van der Waals surface area contributed by atoms with Crippen LogP contribution in [0.1, 0.15) is 15.9 Å². The van der Waals surface area contributed by atoms with Crippen LogP contribution in [0.3, 0.4) is 0 Å². The fraction of sp³-hybridized carbons (Fsp3) is 0.417. The van der Waals surface area contributed by atoms with Gasteiger partial charge >= 0.3 is 0 Å². The second kappa shape index (κ2) is 8.59. The molecule has 0 aliphatic carbocycles. The van der Waals surface area contributed by atoms with E-state index in [1.807, 2.05) is 11.0 Å². The highest BCUT2D eigenvalue weighted by Gasteiger charge is 2.39. The van der Waals surface area contributed by atoms with E-state index in [1.54, 1.807) is 23.1 Å². The summed E-state index contributed by atoms with van der Waals surface area (Å²) >= 11 is 0. The molecule has 0 spiro atoms. The van der Waals surface area contributed by atoms with Gasteiger partial charge in [-0.05, 0) is 30.2 Å². The van der Waals surface area contributed by atoms with E-state index >= 15 is 0 Å². The Balaban J connectivity index is 1.07. The van der Waals surface area contributed by atoms with E-state index in [0.717, 1.165) is 39.1 Å². The highest BCUT2D eigenvalue weighted by Crippen LogP contribution is 2.33. The molecule has 0 N–H and O–H groups in total. The summed E-state index contributed by atoms with van der Waals surface area (Å²) in [5.41, 5.74) is 1.92. The highest BCUT2D eigenvalue weighted by molar-refractivity contribution is 5.96. The van der Waals surface area contributed by atoms with E-state index in [4.69, 9.17) is 9.47 Å². The lowest BCUT2D eigenvalue weighted by atomic mass is 9.96. The van der Waals surface area contributed by atoms with E-state index in [9.17, 15) is 9.59 Å². The van der Waals surface area contributed by atoms with Crippen molar-refractivity contribution in [3.63, 3.8) is 0 Å². The maximum Gasteiger partial charge on any atom is 0.254 e. The fourth-order valence-corrected chi connectivity index (χ4v) is 4.39. The number of fused-ring (bicyclic) bond motifs is 1. The average molecular weight is 421 g/mol. The third-order valence-corrected chi connectivity index (χ3v) is 6.38. The Bertz CT molecular complexity index is 951. The summed E-state index contributed by atoms with van der Waals surface area (Å²) in [5, 5.41) is 0. The van der Waals surface area contributed by atoms with Crippen molar-refractivity contribution >= 4 is 11.8 Å². The summed E-state index contributed by atoms with van der Waals surface area (Å²) in [5.74, 6) is 1.29. The van der Waals surface area contributed by atoms with Crippen LogP contribution in [0.2, 0.25) is 0 Å². The van der Waals surface area contributed by atoms with Gasteiger partial charge in [-0.2, -0.15) is 0 Å². The minimum absolute atomic E-state index is 0.0620. The fourth-order valence-electron chi connectivity index (χ4n) is 4.39. The number of likely N-dealkylation sites (tertiary alicyclic amines) is 1. The number of amides is 2. The molecule has 7 nitrogen and oxygen atoms in total. The van der Waals surface area contributed by atoms with Crippen molar-refractivity contribution in [2.45, 2.75) is 6.42 Å². The Labute approximate surface area is 182 Å². The predicted octanol–water partition coefficient (Wildman–Crippen LogP) is 1.87. The normalized spacial score (nSPS) is 18.7. The second-order valence-electron chi connectivity index (χ2n) is 8.38. The topological polar surface area (TPSA) is 62.3 Å². The van der Waals surface area contributed by atoms with Crippen molar-refractivity contribution in [1.82, 2.24) is 14.7 Å². The number of hydrogen-bond acceptors (Lipinski definition) is 5. The second-order valence-corrected chi connectivity index (χ2v) is 8.38. The van der Waals surface area contributed by atoms with Crippen LogP contribution in [0.15, 0.2) is 48.5 Å². The lowest BCUT2D eigenvalue weighted by molar-refractivity contribution is -0.141. The zero-order valence-electron chi connectivity index (χ0n) is 17.5. The van der Waals surface area contributed by atoms with E-state index in [1.165, 1.54) is 5.56 Å². The number of carbonyl (C=O) groups is 2. The lowest BCUT2D eigenvalue weighted by Crippen LogP contribution is -2.59. The van der Waals surface area contributed by atoms with Crippen LogP contribution in [-0.4, -0.2) is 79.1 Å². The maximum absolute atomic E-state index is 12.9. The minimum atomic E-state index is -0.0890. The zero-order valence-corrected chi connectivity index (χ0v) is 17.5. The Morgan fingerprint density at radius 2 is 1.61 bits per heavy atom. The maximum atomic E-state index is 12.9. The Morgan fingerprint density at radius 1 is 0.871 bits per heavy atom. The Hall–Kier alpha value is -3.06. The number of hydrogen-bond donors (Lipinski definition) is 0. The molecule has 2 saturated heterocycles. The predicted molar refractivity (Wildman–Crippen MR) is 115 cm³/mol. The molecular weight excluding hydrogens is 394 g/mol. The number of nitrogens with zero attached hydrogens (tertiary/aromatic N) is 3. The molecule has 7 heteroatoms. The van der Waals surface area contributed by atoms with Gasteiger partial charge in [0, 0.05) is 51.4 Å². The first-order valence-electron chi connectivity index (χ1n) is 10.9. The van der Waals surface area contributed by atoms with Gasteiger partial charge in [0.15, 0.2) is 11.5 Å². The molecule has 2 fully saturated rings. The molecule has 3 aliphatic heterocycles. The molecule has 0 atom stereocenters. The summed E-state index contributed by atoms with van der Waals surface area (Å²) in [7, 11) is 0. The molecule has 31 heavy (non-hydrogen) atoms. The summed E-state index contributed by atoms with van der Waals surface area (Å²) in [6.07, 6.45) is 1.04. The van der Waals surface area contributed by atoms with Gasteiger partial charge < -0.3 is 19.3 Å². The van der Waals surface area contributed by atoms with Crippen LogP contribution >= 0.6 is 0 Å². The van der Waals surface area contributed by atoms with Crippen LogP contribution in [0.5, 0.6) is 11.5 Å². The van der Waals surface area contributed by atoms with Crippen molar-refractivity contribution in [3.05, 3.63) is 59.7 Å². The van der Waals surface area contributed by atoms with Crippen LogP contribution < -0.4 is 9.47 Å². The van der Waals surface area contributed by atoms with Crippen LogP contribution in [0.25, 0.3) is 0 Å². The van der Waals surface area contributed by atoms with E-state index in [2.05, 4.69) is 29.2 Å². The number of piperazine rings is 1. The zero-order chi connectivity index (χ0) is 21.2. The molecule has 0 aromatic heterocycles. The van der Waals surface area contributed by atoms with Crippen molar-refractivity contribution in [1.29, 1.82) is 0 Å². The molecule has 3 aliphatic rings. The van der Waals surface area contributed by atoms with E-state index in [-0.39, 0.29) is 24.5 Å². The molecule has 2 aromatic rings. The number of ether oxygens (including phenoxy) is 2. The summed E-state index contributed by atoms with van der Waals surface area (Å²) in [6.45, 7) is 5.53. The first kappa shape index (κ1) is 19.9. The van der Waals surface area contributed by atoms with Crippen molar-refractivity contribution in [2.24, 2.45) is 5.92 Å². The van der Waals surface area contributed by atoms with Crippen LogP contribution in [0.4, 0.5) is 0 Å². The first-order valence-corrected chi connectivity index (χ1v) is 10.9. The minimum Gasteiger partial charge on any atom is -0.454 e. The van der Waals surface area contributed by atoms with E-state index in [0.29, 0.717) is 30.2 Å². The smallest absolute Gasteiger partial charge is 0.254 e. The molecule has 3 heterocycles. The van der Waals surface area contributed by atoms with E-state index < -0.39 is 0 Å². The van der Waals surface area contributed by atoms with Crippen molar-refractivity contribution < 1.29 is 19.1 Å². The Morgan fingerprint density at radius 3 is 2.39 bits per heavy atom. The van der Waals surface area contributed by atoms with Gasteiger partial charge in [0.05, 0.1) is 5.92 Å². The quantitative estimate of drug-likeness (QED) is 0.738. The summed E-state index contributed by atoms with van der Waals surface area (Å²) in [6, 6.07) is 15.7. The van der Waals surface area contributed by atoms with Gasteiger partial charge in [0.1, 0.15) is 0 Å². The van der Waals surface area contributed by atoms with Crippen LogP contribution in [-0.2, 0) is 11.2 Å². The third-order valence-electron chi connectivity index (χ3n) is 6.38. The standard InChI is InChI=1S/C24H27N3O4/c28-23(19-6-7-21-22(14-19)31-17-30-21)27-15-20(16-27)24(29)26-12-10-25(11-13-26)9-8-18-4-2-1-3-5-18/h1-7,14,20H,8-13,15-17H2. The van der Waals surface area contributed by atoms with Gasteiger partial charge in [-0.25, -0.2) is 0 Å². The van der Waals surface area contributed by atoms with Gasteiger partial charge in [0.2, 0.25) is 12.7 Å². The van der Waals surface area contributed by atoms with Crippen molar-refractivity contribution in [3.8, 4) is 11.5 Å². The Kier molecular flexibility index (Phi) is 5.51. The molecule has 0 unspecified atom stereocenters. The molecule has 162 valence electrons. The van der Waals surface area contributed by atoms with Crippen LogP contribution in [0, 0.1) is 5.92 Å². The molecule has 0 bridgehead atoms. The molecule has 5 rings (SSSR count). The summed E-state index contributed by atoms with van der Waals surface area (Å²) < 4.78 is 10.6. The molecule has 0 radical (unpaired) electrons. The first-order chi connectivity index (χ1) is 15.2. The summed E-state index contributed by atoms with van der Waals surface area (Å²) in [4.78, 5) is 31.7. The van der Waals surface area contributed by atoms with Gasteiger partial charge in [0.25, 0.3) is 5.91 Å². The number of carbonyl (C=O) groups excluding carboxylic acids is 2. The van der Waals surface area contributed by atoms with Gasteiger partial charge in [-0.3, -0.25) is 14.5 Å². The van der Waals surface area contributed by atoms with Gasteiger partial charge in [-0.1, -0.05) is 30.3 Å².